The smallest absolute Gasteiger partial charge is 0.141 e. The topological polar surface area (TPSA) is 84.3 Å². The molecule has 2 heterocycles. The minimum absolute atomic E-state index is 0.0947. The van der Waals surface area contributed by atoms with Crippen molar-refractivity contribution in [2.75, 3.05) is 6.54 Å². The third-order valence-electron chi connectivity index (χ3n) is 2.73. The van der Waals surface area contributed by atoms with E-state index in [4.69, 9.17) is 0 Å². The number of rotatable bonds is 7. The van der Waals surface area contributed by atoms with Gasteiger partial charge in [0.15, 0.2) is 0 Å². The Morgan fingerprint density at radius 3 is 2.89 bits per heavy atom. The predicted octanol–water partition coefficient (Wildman–Crippen LogP) is 0.699. The van der Waals surface area contributed by atoms with Crippen LogP contribution in [-0.4, -0.2) is 36.5 Å². The van der Waals surface area contributed by atoms with Crippen molar-refractivity contribution < 1.29 is 0 Å². The number of aromatic nitrogens is 6. The van der Waals surface area contributed by atoms with Crippen LogP contribution in [0.15, 0.2) is 12.7 Å². The molecule has 0 fully saturated rings. The van der Waals surface area contributed by atoms with Crippen LogP contribution < -0.4 is 5.32 Å². The molecule has 7 heteroatoms. The fourth-order valence-corrected chi connectivity index (χ4v) is 1.92. The van der Waals surface area contributed by atoms with Crippen LogP contribution in [-0.2, 0) is 13.0 Å². The molecule has 0 saturated heterocycles. The van der Waals surface area contributed by atoms with Gasteiger partial charge < -0.3 is 5.32 Å². The number of H-pyrrole nitrogens is 1. The summed E-state index contributed by atoms with van der Waals surface area (Å²) in [7, 11) is 0. The molecule has 1 unspecified atom stereocenters. The molecule has 0 bridgehead atoms. The number of hydrogen-bond acceptors (Lipinski definition) is 5. The van der Waals surface area contributed by atoms with Gasteiger partial charge in [0.2, 0.25) is 0 Å². The van der Waals surface area contributed by atoms with Crippen molar-refractivity contribution in [2.24, 2.45) is 0 Å². The minimum atomic E-state index is 0.0947. The zero-order valence-electron chi connectivity index (χ0n) is 10.8. The van der Waals surface area contributed by atoms with Gasteiger partial charge in [-0.05, 0) is 13.0 Å². The largest absolute Gasteiger partial charge is 0.307 e. The molecule has 0 amide bonds. The first-order valence-electron chi connectivity index (χ1n) is 6.30. The Balaban J connectivity index is 2.11. The number of nitrogens with one attached hydrogen (secondary N) is 2. The lowest BCUT2D eigenvalue weighted by atomic mass is 10.2. The van der Waals surface area contributed by atoms with Crippen LogP contribution in [0, 0.1) is 0 Å². The summed E-state index contributed by atoms with van der Waals surface area (Å²) in [6.45, 7) is 5.96. The molecule has 0 aliphatic heterocycles. The summed E-state index contributed by atoms with van der Waals surface area (Å²) in [5.74, 6) is 1.81. The van der Waals surface area contributed by atoms with E-state index in [2.05, 4.69) is 44.4 Å². The van der Waals surface area contributed by atoms with Crippen LogP contribution in [0.3, 0.4) is 0 Å². The van der Waals surface area contributed by atoms with Crippen LogP contribution in [0.1, 0.15) is 38.0 Å². The highest BCUT2D eigenvalue weighted by Crippen LogP contribution is 2.12. The lowest BCUT2D eigenvalue weighted by molar-refractivity contribution is 0.483. The molecule has 0 saturated carbocycles. The molecule has 2 aromatic heterocycles. The molecule has 98 valence electrons. The van der Waals surface area contributed by atoms with Crippen molar-refractivity contribution in [3.05, 3.63) is 24.3 Å². The first-order chi connectivity index (χ1) is 8.85. The molecular formula is C11H19N7. The van der Waals surface area contributed by atoms with Crippen molar-refractivity contribution in [3.8, 4) is 0 Å². The Kier molecular flexibility index (Phi) is 4.40. The second kappa shape index (κ2) is 6.25. The summed E-state index contributed by atoms with van der Waals surface area (Å²) in [4.78, 5) is 8.52. The van der Waals surface area contributed by atoms with Crippen molar-refractivity contribution in [1.29, 1.82) is 0 Å². The first kappa shape index (κ1) is 12.7. The second-order valence-corrected chi connectivity index (χ2v) is 4.08. The Morgan fingerprint density at radius 1 is 1.33 bits per heavy atom. The maximum absolute atomic E-state index is 4.32. The summed E-state index contributed by atoms with van der Waals surface area (Å²) >= 11 is 0. The average Bonchev–Trinajstić information content (AvgIpc) is 3.01. The van der Waals surface area contributed by atoms with E-state index in [0.717, 1.165) is 37.6 Å². The standard InChI is InChI=1S/C11H19N7/c1-3-5-18-10(13-8-16-18)6-9(12-4-2)11-14-7-15-17-11/h7-9,12H,3-6H2,1-2H3,(H,14,15,17). The van der Waals surface area contributed by atoms with Gasteiger partial charge in [0.25, 0.3) is 0 Å². The molecule has 0 spiro atoms. The van der Waals surface area contributed by atoms with Crippen molar-refractivity contribution >= 4 is 0 Å². The molecule has 1 atom stereocenters. The van der Waals surface area contributed by atoms with Crippen molar-refractivity contribution in [2.45, 2.75) is 39.3 Å². The Morgan fingerprint density at radius 2 is 2.22 bits per heavy atom. The van der Waals surface area contributed by atoms with E-state index in [1.54, 1.807) is 6.33 Å². The summed E-state index contributed by atoms with van der Waals surface area (Å²) in [6.07, 6.45) is 4.93. The van der Waals surface area contributed by atoms with Crippen molar-refractivity contribution in [1.82, 2.24) is 35.3 Å². The monoisotopic (exact) mass is 249 g/mol. The summed E-state index contributed by atoms with van der Waals surface area (Å²) in [5, 5.41) is 14.4. The van der Waals surface area contributed by atoms with E-state index in [1.807, 2.05) is 4.68 Å². The van der Waals surface area contributed by atoms with Crippen LogP contribution in [0.5, 0.6) is 0 Å². The maximum atomic E-state index is 4.32. The molecule has 18 heavy (non-hydrogen) atoms. The maximum Gasteiger partial charge on any atom is 0.141 e. The van der Waals surface area contributed by atoms with Crippen LogP contribution in [0.25, 0.3) is 0 Å². The van der Waals surface area contributed by atoms with E-state index in [1.165, 1.54) is 6.33 Å². The molecular weight excluding hydrogens is 230 g/mol. The molecule has 2 aromatic rings. The number of likely N-dealkylation sites (N-methyl/N-ethyl adjacent to an activating group) is 1. The Labute approximate surface area is 106 Å². The lowest BCUT2D eigenvalue weighted by Gasteiger charge is -2.15. The van der Waals surface area contributed by atoms with Crippen molar-refractivity contribution in [3.63, 3.8) is 0 Å². The van der Waals surface area contributed by atoms with Crippen LogP contribution in [0.2, 0.25) is 0 Å². The molecule has 0 aliphatic carbocycles. The summed E-state index contributed by atoms with van der Waals surface area (Å²) < 4.78 is 1.95. The predicted molar refractivity (Wildman–Crippen MR) is 66.8 cm³/mol. The average molecular weight is 249 g/mol. The van der Waals surface area contributed by atoms with E-state index in [0.29, 0.717) is 0 Å². The van der Waals surface area contributed by atoms with Gasteiger partial charge in [-0.3, -0.25) is 9.78 Å². The molecule has 0 aromatic carbocycles. The molecule has 0 radical (unpaired) electrons. The number of nitrogens with zero attached hydrogens (tertiary/aromatic N) is 5. The highest BCUT2D eigenvalue weighted by atomic mass is 15.3. The first-order valence-corrected chi connectivity index (χ1v) is 6.30. The molecule has 7 nitrogen and oxygen atoms in total. The van der Waals surface area contributed by atoms with Gasteiger partial charge in [-0.15, -0.1) is 0 Å². The number of aromatic amines is 1. The fraction of sp³-hybridized carbons (Fsp3) is 0.636. The fourth-order valence-electron chi connectivity index (χ4n) is 1.92. The van der Waals surface area contributed by atoms with Gasteiger partial charge in [-0.25, -0.2) is 9.97 Å². The highest BCUT2D eigenvalue weighted by Gasteiger charge is 2.17. The second-order valence-electron chi connectivity index (χ2n) is 4.08. The van der Waals surface area contributed by atoms with Gasteiger partial charge in [0.1, 0.15) is 24.3 Å². The summed E-state index contributed by atoms with van der Waals surface area (Å²) in [5.41, 5.74) is 0. The Bertz CT molecular complexity index is 448. The highest BCUT2D eigenvalue weighted by molar-refractivity contribution is 4.99. The zero-order chi connectivity index (χ0) is 12.8. The van der Waals surface area contributed by atoms with E-state index in [9.17, 15) is 0 Å². The van der Waals surface area contributed by atoms with Gasteiger partial charge in [0, 0.05) is 13.0 Å². The van der Waals surface area contributed by atoms with E-state index in [-0.39, 0.29) is 6.04 Å². The van der Waals surface area contributed by atoms with Crippen LogP contribution in [0.4, 0.5) is 0 Å². The zero-order valence-corrected chi connectivity index (χ0v) is 10.8. The Hall–Kier alpha value is -1.76. The SMILES string of the molecule is CCCn1ncnc1CC(NCC)c1ncn[nH]1. The molecule has 2 N–H and O–H groups in total. The van der Waals surface area contributed by atoms with Gasteiger partial charge in [-0.2, -0.15) is 10.2 Å². The van der Waals surface area contributed by atoms with Gasteiger partial charge >= 0.3 is 0 Å². The lowest BCUT2D eigenvalue weighted by Crippen LogP contribution is -2.25. The third-order valence-corrected chi connectivity index (χ3v) is 2.73. The molecule has 0 aliphatic rings. The van der Waals surface area contributed by atoms with E-state index >= 15 is 0 Å². The number of hydrogen-bond donors (Lipinski definition) is 2. The van der Waals surface area contributed by atoms with Crippen LogP contribution >= 0.6 is 0 Å². The van der Waals surface area contributed by atoms with Gasteiger partial charge in [-0.1, -0.05) is 13.8 Å². The third kappa shape index (κ3) is 2.92. The molecule has 2 rings (SSSR count). The summed E-state index contributed by atoms with van der Waals surface area (Å²) in [6, 6.07) is 0.0947. The minimum Gasteiger partial charge on any atom is -0.307 e. The van der Waals surface area contributed by atoms with Gasteiger partial charge in [0.05, 0.1) is 6.04 Å². The quantitative estimate of drug-likeness (QED) is 0.754. The number of aryl methyl sites for hydroxylation is 1. The van der Waals surface area contributed by atoms with E-state index < -0.39 is 0 Å². The normalized spacial score (nSPS) is 12.8.